The van der Waals surface area contributed by atoms with Gasteiger partial charge in [-0.1, -0.05) is 6.07 Å². The van der Waals surface area contributed by atoms with Gasteiger partial charge in [-0.25, -0.2) is 4.98 Å². The van der Waals surface area contributed by atoms with E-state index in [9.17, 15) is 4.79 Å². The van der Waals surface area contributed by atoms with Gasteiger partial charge >= 0.3 is 0 Å². The van der Waals surface area contributed by atoms with Crippen molar-refractivity contribution in [3.63, 3.8) is 0 Å². The number of amides is 1. The second kappa shape index (κ2) is 8.36. The first kappa shape index (κ1) is 18.5. The Bertz CT molecular complexity index is 919. The summed E-state index contributed by atoms with van der Waals surface area (Å²) in [6, 6.07) is 17.0. The van der Waals surface area contributed by atoms with Gasteiger partial charge in [0.05, 0.1) is 18.5 Å². The number of anilines is 3. The van der Waals surface area contributed by atoms with Crippen molar-refractivity contribution in [2.45, 2.75) is 20.8 Å². The van der Waals surface area contributed by atoms with Crippen LogP contribution in [0.4, 0.5) is 17.2 Å². The molecule has 0 saturated carbocycles. The molecule has 138 valence electrons. The summed E-state index contributed by atoms with van der Waals surface area (Å²) < 4.78 is 5.43. The molecule has 0 unspecified atom stereocenters. The lowest BCUT2D eigenvalue weighted by molar-refractivity contribution is 0.102. The van der Waals surface area contributed by atoms with Crippen LogP contribution in [-0.4, -0.2) is 17.5 Å². The molecule has 2 N–H and O–H groups in total. The van der Waals surface area contributed by atoms with Crippen molar-refractivity contribution in [3.8, 4) is 5.75 Å². The summed E-state index contributed by atoms with van der Waals surface area (Å²) in [4.78, 5) is 16.7. The van der Waals surface area contributed by atoms with Gasteiger partial charge in [-0.3, -0.25) is 4.79 Å². The van der Waals surface area contributed by atoms with Crippen LogP contribution in [0.1, 0.15) is 28.4 Å². The molecule has 0 bridgehead atoms. The Morgan fingerprint density at radius 1 is 0.963 bits per heavy atom. The zero-order chi connectivity index (χ0) is 19.2. The summed E-state index contributed by atoms with van der Waals surface area (Å²) >= 11 is 0. The molecule has 0 aliphatic rings. The van der Waals surface area contributed by atoms with Gasteiger partial charge in [0.1, 0.15) is 11.6 Å². The SMILES string of the molecule is CCOc1ccc(Nc2ccc(NC(=O)c3ccc(C)c(C)c3)cn2)cc1. The maximum absolute atomic E-state index is 12.4. The third kappa shape index (κ3) is 4.85. The minimum atomic E-state index is -0.146. The first-order valence-electron chi connectivity index (χ1n) is 8.89. The van der Waals surface area contributed by atoms with Crippen LogP contribution < -0.4 is 15.4 Å². The maximum Gasteiger partial charge on any atom is 0.255 e. The van der Waals surface area contributed by atoms with E-state index in [4.69, 9.17) is 4.74 Å². The number of rotatable bonds is 6. The highest BCUT2D eigenvalue weighted by Crippen LogP contribution is 2.20. The molecule has 1 amide bonds. The monoisotopic (exact) mass is 361 g/mol. The van der Waals surface area contributed by atoms with Crippen LogP contribution in [0.15, 0.2) is 60.8 Å². The van der Waals surface area contributed by atoms with Crippen LogP contribution in [-0.2, 0) is 0 Å². The molecule has 0 spiro atoms. The van der Waals surface area contributed by atoms with E-state index in [1.54, 1.807) is 6.20 Å². The quantitative estimate of drug-likeness (QED) is 0.642. The first-order chi connectivity index (χ1) is 13.0. The van der Waals surface area contributed by atoms with Gasteiger partial charge in [0.15, 0.2) is 0 Å². The third-order valence-electron chi connectivity index (χ3n) is 4.23. The van der Waals surface area contributed by atoms with E-state index in [1.807, 2.05) is 75.4 Å². The predicted octanol–water partition coefficient (Wildman–Crippen LogP) is 5.09. The van der Waals surface area contributed by atoms with Crippen molar-refractivity contribution < 1.29 is 9.53 Å². The van der Waals surface area contributed by atoms with Gasteiger partial charge in [0, 0.05) is 11.3 Å². The highest BCUT2D eigenvalue weighted by molar-refractivity contribution is 6.04. The van der Waals surface area contributed by atoms with E-state index in [-0.39, 0.29) is 5.91 Å². The molecule has 2 aromatic carbocycles. The normalized spacial score (nSPS) is 10.3. The fourth-order valence-electron chi connectivity index (χ4n) is 2.58. The van der Waals surface area contributed by atoms with Crippen molar-refractivity contribution in [1.82, 2.24) is 4.98 Å². The number of carbonyl (C=O) groups is 1. The second-order valence-electron chi connectivity index (χ2n) is 6.27. The summed E-state index contributed by atoms with van der Waals surface area (Å²) in [7, 11) is 0. The van der Waals surface area contributed by atoms with Crippen LogP contribution in [0, 0.1) is 13.8 Å². The highest BCUT2D eigenvalue weighted by Gasteiger charge is 2.07. The summed E-state index contributed by atoms with van der Waals surface area (Å²) in [6.07, 6.45) is 1.63. The minimum Gasteiger partial charge on any atom is -0.494 e. The molecular weight excluding hydrogens is 338 g/mol. The molecule has 0 fully saturated rings. The molecule has 27 heavy (non-hydrogen) atoms. The molecule has 1 aromatic heterocycles. The number of pyridine rings is 1. The minimum absolute atomic E-state index is 0.146. The van der Waals surface area contributed by atoms with Gasteiger partial charge in [-0.2, -0.15) is 0 Å². The smallest absolute Gasteiger partial charge is 0.255 e. The fraction of sp³-hybridized carbons (Fsp3) is 0.182. The molecule has 3 aromatic rings. The summed E-state index contributed by atoms with van der Waals surface area (Å²) in [5.74, 6) is 1.39. The van der Waals surface area contributed by atoms with Gasteiger partial charge in [-0.15, -0.1) is 0 Å². The van der Waals surface area contributed by atoms with Gasteiger partial charge in [-0.05, 0) is 80.4 Å². The van der Waals surface area contributed by atoms with E-state index in [1.165, 1.54) is 0 Å². The van der Waals surface area contributed by atoms with Gasteiger partial charge < -0.3 is 15.4 Å². The van der Waals surface area contributed by atoms with E-state index < -0.39 is 0 Å². The maximum atomic E-state index is 12.4. The first-order valence-corrected chi connectivity index (χ1v) is 8.89. The predicted molar refractivity (Wildman–Crippen MR) is 109 cm³/mol. The Balaban J connectivity index is 1.62. The van der Waals surface area contributed by atoms with Crippen LogP contribution in [0.2, 0.25) is 0 Å². The zero-order valence-corrected chi connectivity index (χ0v) is 15.7. The number of carbonyl (C=O) groups excluding carboxylic acids is 1. The van der Waals surface area contributed by atoms with Crippen molar-refractivity contribution in [1.29, 1.82) is 0 Å². The average molecular weight is 361 g/mol. The number of aromatic nitrogens is 1. The molecular formula is C22H23N3O2. The fourth-order valence-corrected chi connectivity index (χ4v) is 2.58. The van der Waals surface area contributed by atoms with Crippen LogP contribution >= 0.6 is 0 Å². The number of benzene rings is 2. The largest absolute Gasteiger partial charge is 0.494 e. The van der Waals surface area contributed by atoms with E-state index >= 15 is 0 Å². The van der Waals surface area contributed by atoms with Crippen molar-refractivity contribution >= 4 is 23.1 Å². The topological polar surface area (TPSA) is 63.2 Å². The van der Waals surface area contributed by atoms with Gasteiger partial charge in [0.2, 0.25) is 0 Å². The van der Waals surface area contributed by atoms with Crippen molar-refractivity contribution in [2.24, 2.45) is 0 Å². The van der Waals surface area contributed by atoms with E-state index in [0.29, 0.717) is 23.7 Å². The van der Waals surface area contributed by atoms with Crippen LogP contribution in [0.5, 0.6) is 5.75 Å². The second-order valence-corrected chi connectivity index (χ2v) is 6.27. The molecule has 0 atom stereocenters. The summed E-state index contributed by atoms with van der Waals surface area (Å²) in [5, 5.41) is 6.09. The molecule has 3 rings (SSSR count). The van der Waals surface area contributed by atoms with Crippen LogP contribution in [0.25, 0.3) is 0 Å². The van der Waals surface area contributed by atoms with Gasteiger partial charge in [0.25, 0.3) is 5.91 Å². The summed E-state index contributed by atoms with van der Waals surface area (Å²) in [5.41, 5.74) is 4.46. The van der Waals surface area contributed by atoms with Crippen molar-refractivity contribution in [3.05, 3.63) is 77.5 Å². The number of hydrogen-bond acceptors (Lipinski definition) is 4. The number of aryl methyl sites for hydroxylation is 2. The van der Waals surface area contributed by atoms with E-state index in [2.05, 4.69) is 15.6 Å². The standard InChI is InChI=1S/C22H23N3O2/c1-4-27-20-10-7-18(8-11-20)24-21-12-9-19(14-23-21)25-22(26)17-6-5-15(2)16(3)13-17/h5-14H,4H2,1-3H3,(H,23,24)(H,25,26). The number of nitrogens with one attached hydrogen (secondary N) is 2. The Morgan fingerprint density at radius 3 is 2.33 bits per heavy atom. The number of nitrogens with zero attached hydrogens (tertiary/aromatic N) is 1. The molecule has 0 radical (unpaired) electrons. The Morgan fingerprint density at radius 2 is 1.70 bits per heavy atom. The number of hydrogen-bond donors (Lipinski definition) is 2. The molecule has 0 aliphatic carbocycles. The lowest BCUT2D eigenvalue weighted by Crippen LogP contribution is -2.12. The Hall–Kier alpha value is -3.34. The lowest BCUT2D eigenvalue weighted by Gasteiger charge is -2.09. The molecule has 0 aliphatic heterocycles. The third-order valence-corrected chi connectivity index (χ3v) is 4.23. The van der Waals surface area contributed by atoms with Crippen LogP contribution in [0.3, 0.4) is 0 Å². The molecule has 1 heterocycles. The molecule has 5 nitrogen and oxygen atoms in total. The number of ether oxygens (including phenoxy) is 1. The van der Waals surface area contributed by atoms with E-state index in [0.717, 1.165) is 22.6 Å². The average Bonchev–Trinajstić information content (AvgIpc) is 2.67. The molecule has 0 saturated heterocycles. The molecule has 5 heteroatoms. The summed E-state index contributed by atoms with van der Waals surface area (Å²) in [6.45, 7) is 6.62. The highest BCUT2D eigenvalue weighted by atomic mass is 16.5. The van der Waals surface area contributed by atoms with Crippen molar-refractivity contribution in [2.75, 3.05) is 17.2 Å². The Kier molecular flexibility index (Phi) is 5.71. The Labute approximate surface area is 159 Å². The zero-order valence-electron chi connectivity index (χ0n) is 15.7. The lowest BCUT2D eigenvalue weighted by atomic mass is 10.1.